The smallest absolute Gasteiger partial charge is 0.253 e. The van der Waals surface area contributed by atoms with Crippen molar-refractivity contribution < 1.29 is 14.3 Å². The van der Waals surface area contributed by atoms with Crippen molar-refractivity contribution in [1.29, 1.82) is 0 Å². The summed E-state index contributed by atoms with van der Waals surface area (Å²) in [6.07, 6.45) is 2.99. The first-order valence-corrected chi connectivity index (χ1v) is 10.0. The molecule has 2 saturated heterocycles. The van der Waals surface area contributed by atoms with Gasteiger partial charge in [0, 0.05) is 25.3 Å². The Bertz CT molecular complexity index is 783. The van der Waals surface area contributed by atoms with E-state index in [0.717, 1.165) is 50.3 Å². The van der Waals surface area contributed by atoms with Gasteiger partial charge in [0.25, 0.3) is 5.91 Å². The monoisotopic (exact) mass is 380 g/mol. The van der Waals surface area contributed by atoms with Crippen LogP contribution in [0.25, 0.3) is 0 Å². The molecule has 2 fully saturated rings. The van der Waals surface area contributed by atoms with E-state index in [1.54, 1.807) is 7.11 Å². The number of carbonyl (C=O) groups is 1. The van der Waals surface area contributed by atoms with E-state index < -0.39 is 0 Å². The fourth-order valence-electron chi connectivity index (χ4n) is 4.13. The third-order valence-electron chi connectivity index (χ3n) is 5.96. The van der Waals surface area contributed by atoms with Gasteiger partial charge in [0.05, 0.1) is 19.3 Å². The maximum atomic E-state index is 12.5. The Labute approximate surface area is 166 Å². The van der Waals surface area contributed by atoms with Crippen molar-refractivity contribution in [1.82, 2.24) is 4.90 Å². The van der Waals surface area contributed by atoms with Crippen molar-refractivity contribution >= 4 is 11.6 Å². The SMILES string of the molecule is COc1ccc(N2CC3(CCN(CCc4ccccc4)CC3)OCC2=O)cc1. The zero-order valence-electron chi connectivity index (χ0n) is 16.5. The van der Waals surface area contributed by atoms with E-state index >= 15 is 0 Å². The molecule has 2 aromatic rings. The molecule has 5 nitrogen and oxygen atoms in total. The quantitative estimate of drug-likeness (QED) is 0.799. The number of methoxy groups -OCH3 is 1. The molecule has 0 atom stereocenters. The highest BCUT2D eigenvalue weighted by atomic mass is 16.5. The van der Waals surface area contributed by atoms with E-state index in [2.05, 4.69) is 35.2 Å². The van der Waals surface area contributed by atoms with Crippen molar-refractivity contribution in [3.63, 3.8) is 0 Å². The predicted molar refractivity (Wildman–Crippen MR) is 110 cm³/mol. The maximum absolute atomic E-state index is 12.5. The summed E-state index contributed by atoms with van der Waals surface area (Å²) < 4.78 is 11.3. The Morgan fingerprint density at radius 2 is 1.75 bits per heavy atom. The van der Waals surface area contributed by atoms with Crippen LogP contribution in [0.5, 0.6) is 5.75 Å². The Balaban J connectivity index is 1.35. The van der Waals surface area contributed by atoms with Crippen LogP contribution in [0.2, 0.25) is 0 Å². The van der Waals surface area contributed by atoms with E-state index in [1.165, 1.54) is 5.56 Å². The lowest BCUT2D eigenvalue weighted by Gasteiger charge is -2.47. The minimum absolute atomic E-state index is 0.0299. The van der Waals surface area contributed by atoms with Gasteiger partial charge in [-0.05, 0) is 49.1 Å². The molecule has 0 N–H and O–H groups in total. The van der Waals surface area contributed by atoms with Crippen LogP contribution >= 0.6 is 0 Å². The predicted octanol–water partition coefficient (Wildman–Crippen LogP) is 3.14. The number of piperidine rings is 1. The van der Waals surface area contributed by atoms with Crippen LogP contribution in [0.4, 0.5) is 5.69 Å². The number of morpholine rings is 1. The van der Waals surface area contributed by atoms with Gasteiger partial charge < -0.3 is 19.3 Å². The lowest BCUT2D eigenvalue weighted by atomic mass is 9.89. The fraction of sp³-hybridized carbons (Fsp3) is 0.435. The van der Waals surface area contributed by atoms with Gasteiger partial charge >= 0.3 is 0 Å². The average Bonchev–Trinajstić information content (AvgIpc) is 2.76. The lowest BCUT2D eigenvalue weighted by molar-refractivity contribution is -0.144. The molecular weight excluding hydrogens is 352 g/mol. The van der Waals surface area contributed by atoms with Crippen LogP contribution in [0.3, 0.4) is 0 Å². The molecule has 0 aliphatic carbocycles. The summed E-state index contributed by atoms with van der Waals surface area (Å²) in [5, 5.41) is 0. The lowest BCUT2D eigenvalue weighted by Crippen LogP contribution is -2.59. The van der Waals surface area contributed by atoms with Crippen LogP contribution in [-0.4, -0.2) is 56.3 Å². The highest BCUT2D eigenvalue weighted by Gasteiger charge is 2.42. The molecule has 2 aliphatic heterocycles. The Morgan fingerprint density at radius 3 is 2.43 bits per heavy atom. The second-order valence-corrected chi connectivity index (χ2v) is 7.73. The molecule has 1 spiro atoms. The largest absolute Gasteiger partial charge is 0.497 e. The van der Waals surface area contributed by atoms with Crippen molar-refractivity contribution in [2.75, 3.05) is 44.8 Å². The van der Waals surface area contributed by atoms with E-state index in [0.29, 0.717) is 6.54 Å². The summed E-state index contributed by atoms with van der Waals surface area (Å²) in [4.78, 5) is 16.8. The van der Waals surface area contributed by atoms with Gasteiger partial charge in [0.15, 0.2) is 0 Å². The van der Waals surface area contributed by atoms with Gasteiger partial charge in [-0.25, -0.2) is 0 Å². The topological polar surface area (TPSA) is 42.0 Å². The number of benzene rings is 2. The van der Waals surface area contributed by atoms with Gasteiger partial charge in [-0.2, -0.15) is 0 Å². The summed E-state index contributed by atoms with van der Waals surface area (Å²) in [5.41, 5.74) is 2.07. The minimum Gasteiger partial charge on any atom is -0.497 e. The number of hydrogen-bond acceptors (Lipinski definition) is 4. The summed E-state index contributed by atoms with van der Waals surface area (Å²) >= 11 is 0. The Hall–Kier alpha value is -2.37. The molecule has 0 saturated carbocycles. The van der Waals surface area contributed by atoms with E-state index in [1.807, 2.05) is 29.2 Å². The minimum atomic E-state index is -0.225. The van der Waals surface area contributed by atoms with E-state index in [4.69, 9.17) is 9.47 Å². The second-order valence-electron chi connectivity index (χ2n) is 7.73. The highest BCUT2D eigenvalue weighted by Crippen LogP contribution is 2.33. The molecule has 2 aliphatic rings. The standard InChI is InChI=1S/C23H28N2O3/c1-27-21-9-7-20(8-10-21)25-18-23(28-17-22(25)26)12-15-24(16-13-23)14-11-19-5-3-2-4-6-19/h2-10H,11-18H2,1H3. The van der Waals surface area contributed by atoms with E-state index in [9.17, 15) is 4.79 Å². The van der Waals surface area contributed by atoms with Crippen LogP contribution in [0.15, 0.2) is 54.6 Å². The van der Waals surface area contributed by atoms with Gasteiger partial charge in [-0.1, -0.05) is 30.3 Å². The number of likely N-dealkylation sites (tertiary alicyclic amines) is 1. The van der Waals surface area contributed by atoms with Crippen molar-refractivity contribution in [2.45, 2.75) is 24.9 Å². The van der Waals surface area contributed by atoms with Crippen molar-refractivity contribution in [3.05, 3.63) is 60.2 Å². The molecule has 2 heterocycles. The summed E-state index contributed by atoms with van der Waals surface area (Å²) in [6.45, 7) is 3.89. The number of ether oxygens (including phenoxy) is 2. The molecular formula is C23H28N2O3. The number of amides is 1. The van der Waals surface area contributed by atoms with Crippen LogP contribution in [-0.2, 0) is 16.0 Å². The number of anilines is 1. The molecule has 1 amide bonds. The first-order valence-electron chi connectivity index (χ1n) is 10.0. The summed E-state index contributed by atoms with van der Waals surface area (Å²) in [7, 11) is 1.65. The summed E-state index contributed by atoms with van der Waals surface area (Å²) in [5.74, 6) is 0.827. The zero-order chi connectivity index (χ0) is 19.4. The zero-order valence-corrected chi connectivity index (χ0v) is 16.5. The number of hydrogen-bond donors (Lipinski definition) is 0. The number of rotatable bonds is 5. The molecule has 0 radical (unpaired) electrons. The second kappa shape index (κ2) is 8.33. The van der Waals surface area contributed by atoms with Crippen molar-refractivity contribution in [3.8, 4) is 5.75 Å². The van der Waals surface area contributed by atoms with Crippen LogP contribution < -0.4 is 9.64 Å². The third kappa shape index (κ3) is 4.21. The average molecular weight is 380 g/mol. The van der Waals surface area contributed by atoms with E-state index in [-0.39, 0.29) is 18.1 Å². The van der Waals surface area contributed by atoms with Gasteiger partial charge in [0.1, 0.15) is 12.4 Å². The molecule has 4 rings (SSSR count). The first kappa shape index (κ1) is 19.0. The maximum Gasteiger partial charge on any atom is 0.253 e. The Kier molecular flexibility index (Phi) is 5.64. The fourth-order valence-corrected chi connectivity index (χ4v) is 4.13. The molecule has 0 unspecified atom stereocenters. The highest BCUT2D eigenvalue weighted by molar-refractivity contribution is 5.95. The van der Waals surface area contributed by atoms with Crippen LogP contribution in [0, 0.1) is 0 Å². The molecule has 0 bridgehead atoms. The number of nitrogens with zero attached hydrogens (tertiary/aromatic N) is 2. The number of carbonyl (C=O) groups excluding carboxylic acids is 1. The third-order valence-corrected chi connectivity index (χ3v) is 5.96. The summed E-state index contributed by atoms with van der Waals surface area (Å²) in [6, 6.07) is 18.3. The first-order chi connectivity index (χ1) is 13.7. The van der Waals surface area contributed by atoms with Gasteiger partial charge in [-0.3, -0.25) is 4.79 Å². The molecule has 0 aromatic heterocycles. The van der Waals surface area contributed by atoms with Crippen molar-refractivity contribution in [2.24, 2.45) is 0 Å². The molecule has 2 aromatic carbocycles. The molecule has 148 valence electrons. The molecule has 5 heteroatoms. The van der Waals surface area contributed by atoms with Crippen LogP contribution in [0.1, 0.15) is 18.4 Å². The Morgan fingerprint density at radius 1 is 1.04 bits per heavy atom. The van der Waals surface area contributed by atoms with Gasteiger partial charge in [-0.15, -0.1) is 0 Å². The molecule has 28 heavy (non-hydrogen) atoms. The van der Waals surface area contributed by atoms with Gasteiger partial charge in [0.2, 0.25) is 0 Å². The normalized spacial score (nSPS) is 19.8.